The van der Waals surface area contributed by atoms with E-state index >= 15 is 0 Å². The summed E-state index contributed by atoms with van der Waals surface area (Å²) in [7, 11) is 0. The highest BCUT2D eigenvalue weighted by molar-refractivity contribution is 6.05. The van der Waals surface area contributed by atoms with E-state index < -0.39 is 11.6 Å². The normalized spacial score (nSPS) is 13.8. The Labute approximate surface area is 166 Å². The van der Waals surface area contributed by atoms with Gasteiger partial charge in [-0.25, -0.2) is 13.5 Å². The molecule has 1 fully saturated rings. The van der Waals surface area contributed by atoms with Gasteiger partial charge in [0, 0.05) is 29.6 Å². The first kappa shape index (κ1) is 19.2. The van der Waals surface area contributed by atoms with Gasteiger partial charge in [-0.3, -0.25) is 9.59 Å². The molecule has 29 heavy (non-hydrogen) atoms. The highest BCUT2D eigenvalue weighted by atomic mass is 19.1. The third-order valence-electron chi connectivity index (χ3n) is 5.12. The van der Waals surface area contributed by atoms with E-state index in [1.807, 2.05) is 13.8 Å². The van der Waals surface area contributed by atoms with Crippen molar-refractivity contribution in [3.05, 3.63) is 75.7 Å². The van der Waals surface area contributed by atoms with Crippen LogP contribution in [0.1, 0.15) is 48.8 Å². The standard InChI is InChI=1S/C22H21F2N3O2/c1-13(2)27-21(28)18-6-4-3-5-17(18)20(25-27)22(29)26(16-9-10-16)12-14-7-8-15(23)11-19(14)24/h3-8,11,13,16H,9-10,12H2,1-2H3. The number of aromatic nitrogens is 2. The highest BCUT2D eigenvalue weighted by Gasteiger charge is 2.35. The maximum absolute atomic E-state index is 14.2. The first-order valence-electron chi connectivity index (χ1n) is 9.63. The molecule has 3 aromatic rings. The summed E-state index contributed by atoms with van der Waals surface area (Å²) in [5.41, 5.74) is 0.158. The van der Waals surface area contributed by atoms with Gasteiger partial charge in [0.1, 0.15) is 11.6 Å². The van der Waals surface area contributed by atoms with Gasteiger partial charge in [-0.2, -0.15) is 5.10 Å². The van der Waals surface area contributed by atoms with E-state index in [4.69, 9.17) is 0 Å². The molecule has 5 nitrogen and oxygen atoms in total. The summed E-state index contributed by atoms with van der Waals surface area (Å²) < 4.78 is 28.8. The van der Waals surface area contributed by atoms with Crippen molar-refractivity contribution in [3.8, 4) is 0 Å². The van der Waals surface area contributed by atoms with Crippen LogP contribution in [0.2, 0.25) is 0 Å². The molecule has 1 aliphatic carbocycles. The molecule has 0 N–H and O–H groups in total. The van der Waals surface area contributed by atoms with Crippen LogP contribution in [0.15, 0.2) is 47.3 Å². The second kappa shape index (κ2) is 7.39. The minimum Gasteiger partial charge on any atom is -0.330 e. The van der Waals surface area contributed by atoms with E-state index in [2.05, 4.69) is 5.10 Å². The van der Waals surface area contributed by atoms with Crippen molar-refractivity contribution in [1.82, 2.24) is 14.7 Å². The summed E-state index contributed by atoms with van der Waals surface area (Å²) in [4.78, 5) is 27.7. The molecule has 4 rings (SSSR count). The number of fused-ring (bicyclic) bond motifs is 1. The third kappa shape index (κ3) is 3.64. The third-order valence-corrected chi connectivity index (χ3v) is 5.12. The van der Waals surface area contributed by atoms with Crippen molar-refractivity contribution >= 4 is 16.7 Å². The van der Waals surface area contributed by atoms with Crippen LogP contribution in [0.25, 0.3) is 10.8 Å². The van der Waals surface area contributed by atoms with Gasteiger partial charge in [-0.15, -0.1) is 0 Å². The molecule has 0 saturated heterocycles. The molecule has 150 valence electrons. The van der Waals surface area contributed by atoms with Gasteiger partial charge in [-0.05, 0) is 38.8 Å². The van der Waals surface area contributed by atoms with Crippen molar-refractivity contribution < 1.29 is 13.6 Å². The number of carbonyl (C=O) groups excluding carboxylic acids is 1. The van der Waals surface area contributed by atoms with Crippen molar-refractivity contribution in [2.75, 3.05) is 0 Å². The van der Waals surface area contributed by atoms with Crippen molar-refractivity contribution in [2.24, 2.45) is 0 Å². The summed E-state index contributed by atoms with van der Waals surface area (Å²) >= 11 is 0. The van der Waals surface area contributed by atoms with Crippen LogP contribution in [-0.4, -0.2) is 26.6 Å². The largest absolute Gasteiger partial charge is 0.330 e. The van der Waals surface area contributed by atoms with Crippen molar-refractivity contribution in [2.45, 2.75) is 45.3 Å². The van der Waals surface area contributed by atoms with Crippen LogP contribution in [0.5, 0.6) is 0 Å². The van der Waals surface area contributed by atoms with Gasteiger partial charge in [0.2, 0.25) is 0 Å². The lowest BCUT2D eigenvalue weighted by Crippen LogP contribution is -2.36. The van der Waals surface area contributed by atoms with Gasteiger partial charge in [0.05, 0.1) is 11.4 Å². The van der Waals surface area contributed by atoms with Gasteiger partial charge < -0.3 is 4.90 Å². The first-order chi connectivity index (χ1) is 13.9. The number of hydrogen-bond donors (Lipinski definition) is 0. The van der Waals surface area contributed by atoms with Crippen LogP contribution >= 0.6 is 0 Å². The monoisotopic (exact) mass is 397 g/mol. The van der Waals surface area contributed by atoms with Crippen molar-refractivity contribution in [1.29, 1.82) is 0 Å². The second-order valence-corrected chi connectivity index (χ2v) is 7.64. The summed E-state index contributed by atoms with van der Waals surface area (Å²) in [5, 5.41) is 5.26. The smallest absolute Gasteiger partial charge is 0.275 e. The van der Waals surface area contributed by atoms with Crippen LogP contribution in [-0.2, 0) is 6.54 Å². The van der Waals surface area contributed by atoms with E-state index in [1.54, 1.807) is 29.2 Å². The molecule has 0 bridgehead atoms. The molecular formula is C22H21F2N3O2. The lowest BCUT2D eigenvalue weighted by molar-refractivity contribution is 0.0721. The van der Waals surface area contributed by atoms with Crippen molar-refractivity contribution in [3.63, 3.8) is 0 Å². The van der Waals surface area contributed by atoms with Crippen LogP contribution in [0.4, 0.5) is 8.78 Å². The van der Waals surface area contributed by atoms with E-state index in [-0.39, 0.29) is 41.4 Å². The fourth-order valence-electron chi connectivity index (χ4n) is 3.44. The Morgan fingerprint density at radius 1 is 1.17 bits per heavy atom. The van der Waals surface area contributed by atoms with E-state index in [0.717, 1.165) is 18.9 Å². The molecule has 0 atom stereocenters. The fourth-order valence-corrected chi connectivity index (χ4v) is 3.44. The van der Waals surface area contributed by atoms with Crippen LogP contribution in [0.3, 0.4) is 0 Å². The van der Waals surface area contributed by atoms with Gasteiger partial charge >= 0.3 is 0 Å². The molecule has 1 heterocycles. The highest BCUT2D eigenvalue weighted by Crippen LogP contribution is 2.31. The molecule has 1 amide bonds. The Hall–Kier alpha value is -3.09. The van der Waals surface area contributed by atoms with Gasteiger partial charge in [0.25, 0.3) is 11.5 Å². The first-order valence-corrected chi connectivity index (χ1v) is 9.63. The maximum Gasteiger partial charge on any atom is 0.275 e. The van der Waals surface area contributed by atoms with Gasteiger partial charge in [0.15, 0.2) is 5.69 Å². The summed E-state index contributed by atoms with van der Waals surface area (Å²) in [6.45, 7) is 3.67. The predicted molar refractivity (Wildman–Crippen MR) is 106 cm³/mol. The quantitative estimate of drug-likeness (QED) is 0.652. The number of halogens is 2. The summed E-state index contributed by atoms with van der Waals surface area (Å²) in [6, 6.07) is 9.98. The molecule has 2 aromatic carbocycles. The second-order valence-electron chi connectivity index (χ2n) is 7.64. The molecule has 0 unspecified atom stereocenters. The fraction of sp³-hybridized carbons (Fsp3) is 0.318. The molecule has 1 aliphatic rings. The predicted octanol–water partition coefficient (Wildman–Crippen LogP) is 4.06. The Bertz CT molecular complexity index is 1150. The Kier molecular flexibility index (Phi) is 4.90. The molecule has 1 saturated carbocycles. The Morgan fingerprint density at radius 2 is 1.86 bits per heavy atom. The Balaban J connectivity index is 1.80. The van der Waals surface area contributed by atoms with E-state index in [1.165, 1.54) is 16.8 Å². The maximum atomic E-state index is 14.2. The lowest BCUT2D eigenvalue weighted by atomic mass is 10.1. The number of benzene rings is 2. The van der Waals surface area contributed by atoms with E-state index in [0.29, 0.717) is 10.8 Å². The Morgan fingerprint density at radius 3 is 2.48 bits per heavy atom. The number of hydrogen-bond acceptors (Lipinski definition) is 3. The zero-order chi connectivity index (χ0) is 20.7. The molecule has 0 aliphatic heterocycles. The number of carbonyl (C=O) groups is 1. The average molecular weight is 397 g/mol. The van der Waals surface area contributed by atoms with Crippen LogP contribution in [0, 0.1) is 11.6 Å². The lowest BCUT2D eigenvalue weighted by Gasteiger charge is -2.24. The van der Waals surface area contributed by atoms with E-state index in [9.17, 15) is 18.4 Å². The molecule has 1 aromatic heterocycles. The summed E-state index contributed by atoms with van der Waals surface area (Å²) in [5.74, 6) is -1.71. The molecule has 0 radical (unpaired) electrons. The zero-order valence-electron chi connectivity index (χ0n) is 16.2. The molecule has 7 heteroatoms. The van der Waals surface area contributed by atoms with Crippen LogP contribution < -0.4 is 5.56 Å². The number of amides is 1. The topological polar surface area (TPSA) is 55.2 Å². The SMILES string of the molecule is CC(C)n1nc(C(=O)N(Cc2ccc(F)cc2F)C2CC2)c2ccccc2c1=O. The molecular weight excluding hydrogens is 376 g/mol. The number of nitrogens with zero attached hydrogens (tertiary/aromatic N) is 3. The zero-order valence-corrected chi connectivity index (χ0v) is 16.2. The molecule has 0 spiro atoms. The average Bonchev–Trinajstić information content (AvgIpc) is 3.52. The minimum atomic E-state index is -0.687. The summed E-state index contributed by atoms with van der Waals surface area (Å²) in [6.07, 6.45) is 1.63. The van der Waals surface area contributed by atoms with Gasteiger partial charge in [-0.1, -0.05) is 24.3 Å². The number of rotatable bonds is 5. The minimum absolute atomic E-state index is 0.0203.